The van der Waals surface area contributed by atoms with Gasteiger partial charge in [0.05, 0.1) is 0 Å². The third-order valence-electron chi connectivity index (χ3n) is 1.32. The fourth-order valence-electron chi connectivity index (χ4n) is 0.818. The summed E-state index contributed by atoms with van der Waals surface area (Å²) in [6.07, 6.45) is 0. The molecule has 10 heavy (non-hydrogen) atoms. The Labute approximate surface area is 74.2 Å². The van der Waals surface area contributed by atoms with Crippen LogP contribution in [0, 0.1) is 6.92 Å². The van der Waals surface area contributed by atoms with Gasteiger partial charge in [0, 0.05) is 0 Å². The van der Waals surface area contributed by atoms with Gasteiger partial charge < -0.3 is 5.11 Å². The Morgan fingerprint density at radius 1 is 1.50 bits per heavy atom. The lowest BCUT2D eigenvalue weighted by molar-refractivity contribution is 0.286. The molecule has 0 saturated carbocycles. The average molecular weight is 248 g/mol. The molecule has 0 heterocycles. The summed E-state index contributed by atoms with van der Waals surface area (Å²) >= 11 is 1.98. The lowest BCUT2D eigenvalue weighted by Crippen LogP contribution is -1.86. The number of halogens is 1. The highest BCUT2D eigenvalue weighted by molar-refractivity contribution is 14.1. The van der Waals surface area contributed by atoms with E-state index in [2.05, 4.69) is 0 Å². The van der Waals surface area contributed by atoms with E-state index in [-0.39, 0.29) is 4.11 Å². The maximum absolute atomic E-state index is 9.13. The van der Waals surface area contributed by atoms with Crippen molar-refractivity contribution in [1.82, 2.24) is 0 Å². The molecule has 2 heteroatoms. The molecule has 0 saturated heterocycles. The molecule has 1 N–H and O–H groups in total. The van der Waals surface area contributed by atoms with Crippen LogP contribution in [0.15, 0.2) is 24.3 Å². The largest absolute Gasteiger partial charge is 0.378 e. The molecule has 1 aromatic carbocycles. The highest BCUT2D eigenvalue weighted by Crippen LogP contribution is 2.19. The van der Waals surface area contributed by atoms with Crippen molar-refractivity contribution in [3.63, 3.8) is 0 Å². The zero-order valence-corrected chi connectivity index (χ0v) is 7.87. The van der Waals surface area contributed by atoms with E-state index >= 15 is 0 Å². The molecule has 0 amide bonds. The van der Waals surface area contributed by atoms with Crippen LogP contribution in [0.3, 0.4) is 0 Å². The summed E-state index contributed by atoms with van der Waals surface area (Å²) in [5.74, 6) is 0. The lowest BCUT2D eigenvalue weighted by Gasteiger charge is -2.02. The Bertz CT molecular complexity index is 220. The van der Waals surface area contributed by atoms with Crippen molar-refractivity contribution < 1.29 is 5.11 Å². The van der Waals surface area contributed by atoms with Crippen molar-refractivity contribution in [1.29, 1.82) is 0 Å². The molecule has 0 fully saturated rings. The minimum atomic E-state index is -0.377. The number of aliphatic hydroxyl groups is 1. The van der Waals surface area contributed by atoms with Gasteiger partial charge in [0.25, 0.3) is 0 Å². The molecule has 0 aromatic heterocycles. The number of hydrogen-bond acceptors (Lipinski definition) is 1. The van der Waals surface area contributed by atoms with Gasteiger partial charge in [-0.15, -0.1) is 0 Å². The van der Waals surface area contributed by atoms with Gasteiger partial charge in [0.1, 0.15) is 4.11 Å². The normalized spacial score (nSPS) is 13.1. The summed E-state index contributed by atoms with van der Waals surface area (Å²) in [4.78, 5) is 0. The Hall–Kier alpha value is -0.0900. The van der Waals surface area contributed by atoms with Crippen LogP contribution in [0.2, 0.25) is 0 Å². The Kier molecular flexibility index (Phi) is 2.68. The number of aryl methyl sites for hydroxylation is 1. The van der Waals surface area contributed by atoms with Crippen molar-refractivity contribution in [2.24, 2.45) is 0 Å². The van der Waals surface area contributed by atoms with Gasteiger partial charge >= 0.3 is 0 Å². The maximum atomic E-state index is 9.13. The van der Waals surface area contributed by atoms with Crippen molar-refractivity contribution in [2.45, 2.75) is 11.0 Å². The lowest BCUT2D eigenvalue weighted by atomic mass is 10.1. The van der Waals surface area contributed by atoms with Gasteiger partial charge in [0.15, 0.2) is 0 Å². The van der Waals surface area contributed by atoms with E-state index in [1.807, 2.05) is 53.8 Å². The first kappa shape index (κ1) is 8.01. The Morgan fingerprint density at radius 2 is 2.20 bits per heavy atom. The molecule has 1 rings (SSSR count). The monoisotopic (exact) mass is 248 g/mol. The third-order valence-corrected chi connectivity index (χ3v) is 2.04. The molecule has 1 unspecified atom stereocenters. The fourth-order valence-corrected chi connectivity index (χ4v) is 1.21. The first-order valence-corrected chi connectivity index (χ1v) is 4.33. The van der Waals surface area contributed by atoms with Crippen LogP contribution in [0.1, 0.15) is 15.2 Å². The van der Waals surface area contributed by atoms with Crippen molar-refractivity contribution in [3.05, 3.63) is 35.4 Å². The maximum Gasteiger partial charge on any atom is 0.130 e. The smallest absolute Gasteiger partial charge is 0.130 e. The minimum Gasteiger partial charge on any atom is -0.378 e. The summed E-state index contributed by atoms with van der Waals surface area (Å²) in [6, 6.07) is 7.87. The summed E-state index contributed by atoms with van der Waals surface area (Å²) < 4.78 is -0.377. The number of benzene rings is 1. The molecule has 1 atom stereocenters. The van der Waals surface area contributed by atoms with Crippen LogP contribution in [-0.4, -0.2) is 5.11 Å². The van der Waals surface area contributed by atoms with Gasteiger partial charge in [-0.1, -0.05) is 29.8 Å². The van der Waals surface area contributed by atoms with Crippen molar-refractivity contribution in [2.75, 3.05) is 0 Å². The van der Waals surface area contributed by atoms with Crippen LogP contribution < -0.4 is 0 Å². The molecule has 0 bridgehead atoms. The van der Waals surface area contributed by atoms with Crippen molar-refractivity contribution in [3.8, 4) is 0 Å². The first-order valence-electron chi connectivity index (χ1n) is 3.09. The quantitative estimate of drug-likeness (QED) is 0.597. The molecule has 0 aliphatic carbocycles. The average Bonchev–Trinajstić information content (AvgIpc) is 1.88. The molecular weight excluding hydrogens is 239 g/mol. The van der Waals surface area contributed by atoms with Gasteiger partial charge in [-0.05, 0) is 35.1 Å². The second-order valence-corrected chi connectivity index (χ2v) is 3.43. The minimum absolute atomic E-state index is 0.377. The van der Waals surface area contributed by atoms with Gasteiger partial charge in [-0.25, -0.2) is 0 Å². The summed E-state index contributed by atoms with van der Waals surface area (Å²) in [6.45, 7) is 2.02. The van der Waals surface area contributed by atoms with Crippen LogP contribution >= 0.6 is 22.6 Å². The van der Waals surface area contributed by atoms with E-state index < -0.39 is 0 Å². The van der Waals surface area contributed by atoms with E-state index in [0.717, 1.165) is 5.56 Å². The first-order chi connectivity index (χ1) is 4.70. The molecular formula is C8H9IO. The van der Waals surface area contributed by atoms with Crippen LogP contribution in [-0.2, 0) is 0 Å². The summed E-state index contributed by atoms with van der Waals surface area (Å²) in [5.41, 5.74) is 2.16. The summed E-state index contributed by atoms with van der Waals surface area (Å²) in [5, 5.41) is 9.13. The second kappa shape index (κ2) is 3.34. The highest BCUT2D eigenvalue weighted by atomic mass is 127. The molecule has 1 nitrogen and oxygen atoms in total. The van der Waals surface area contributed by atoms with Crippen LogP contribution in [0.5, 0.6) is 0 Å². The standard InChI is InChI=1S/C8H9IO/c1-6-3-2-4-7(5-6)8(9)10/h2-5,8,10H,1H3. The molecule has 0 aliphatic rings. The number of aliphatic hydroxyl groups excluding tert-OH is 1. The predicted molar refractivity (Wildman–Crippen MR) is 50.2 cm³/mol. The topological polar surface area (TPSA) is 20.2 Å². The molecule has 1 aromatic rings. The van der Waals surface area contributed by atoms with Gasteiger partial charge in [-0.3, -0.25) is 0 Å². The zero-order valence-electron chi connectivity index (χ0n) is 5.71. The van der Waals surface area contributed by atoms with E-state index in [9.17, 15) is 0 Å². The fraction of sp³-hybridized carbons (Fsp3) is 0.250. The van der Waals surface area contributed by atoms with Gasteiger partial charge in [-0.2, -0.15) is 0 Å². The van der Waals surface area contributed by atoms with E-state index in [4.69, 9.17) is 5.11 Å². The number of hydrogen-bond donors (Lipinski definition) is 1. The molecule has 0 aliphatic heterocycles. The van der Waals surface area contributed by atoms with E-state index in [0.29, 0.717) is 0 Å². The molecule has 0 spiro atoms. The highest BCUT2D eigenvalue weighted by Gasteiger charge is 1.99. The van der Waals surface area contributed by atoms with E-state index in [1.54, 1.807) is 0 Å². The third kappa shape index (κ3) is 1.95. The van der Waals surface area contributed by atoms with Crippen LogP contribution in [0.4, 0.5) is 0 Å². The van der Waals surface area contributed by atoms with E-state index in [1.165, 1.54) is 5.56 Å². The number of alkyl halides is 1. The Balaban J connectivity index is 2.96. The molecule has 0 radical (unpaired) electrons. The Morgan fingerprint density at radius 3 is 2.60 bits per heavy atom. The van der Waals surface area contributed by atoms with Crippen molar-refractivity contribution >= 4 is 22.6 Å². The summed E-state index contributed by atoms with van der Waals surface area (Å²) in [7, 11) is 0. The predicted octanol–water partition coefficient (Wildman–Crippen LogP) is 2.42. The molecule has 54 valence electrons. The van der Waals surface area contributed by atoms with Crippen LogP contribution in [0.25, 0.3) is 0 Å². The SMILES string of the molecule is Cc1cccc(C(O)I)c1. The number of rotatable bonds is 1. The van der Waals surface area contributed by atoms with Gasteiger partial charge in [0.2, 0.25) is 0 Å². The second-order valence-electron chi connectivity index (χ2n) is 2.25. The zero-order chi connectivity index (χ0) is 7.56.